The van der Waals surface area contributed by atoms with Crippen LogP contribution in [0, 0.1) is 5.92 Å². The first kappa shape index (κ1) is 16.6. The van der Waals surface area contributed by atoms with Gasteiger partial charge in [-0.1, -0.05) is 13.3 Å². The first-order valence-electron chi connectivity index (χ1n) is 6.46. The number of ketones is 1. The number of carboxylic acids is 1. The Bertz CT molecular complexity index is 289. The second-order valence-electron chi connectivity index (χ2n) is 4.46. The quantitative estimate of drug-likeness (QED) is 0.584. The molecule has 5 nitrogen and oxygen atoms in total. The van der Waals surface area contributed by atoms with E-state index in [1.807, 2.05) is 6.92 Å². The maximum Gasteiger partial charge on any atom is 0.303 e. The Hall–Kier alpha value is -1.39. The van der Waals surface area contributed by atoms with Crippen molar-refractivity contribution in [1.29, 1.82) is 0 Å². The highest BCUT2D eigenvalue weighted by Gasteiger charge is 2.10. The average Bonchev–Trinajstić information content (AvgIpc) is 2.30. The van der Waals surface area contributed by atoms with Crippen LogP contribution < -0.4 is 5.32 Å². The lowest BCUT2D eigenvalue weighted by atomic mass is 9.95. The molecule has 0 saturated carbocycles. The monoisotopic (exact) mass is 257 g/mol. The molecule has 0 aliphatic rings. The number of unbranched alkanes of at least 4 members (excludes halogenated alkanes) is 1. The van der Waals surface area contributed by atoms with Crippen molar-refractivity contribution in [1.82, 2.24) is 5.32 Å². The number of nitrogens with one attached hydrogen (secondary N) is 1. The fourth-order valence-corrected chi connectivity index (χ4v) is 1.75. The molecule has 0 spiro atoms. The van der Waals surface area contributed by atoms with Crippen LogP contribution in [-0.4, -0.2) is 29.3 Å². The van der Waals surface area contributed by atoms with Gasteiger partial charge >= 0.3 is 5.97 Å². The number of carbonyl (C=O) groups is 3. The molecule has 0 aromatic heterocycles. The predicted molar refractivity (Wildman–Crippen MR) is 68.2 cm³/mol. The lowest BCUT2D eigenvalue weighted by molar-refractivity contribution is -0.138. The molecule has 1 unspecified atom stereocenters. The van der Waals surface area contributed by atoms with Gasteiger partial charge in [0.15, 0.2) is 0 Å². The topological polar surface area (TPSA) is 83.5 Å². The van der Waals surface area contributed by atoms with Gasteiger partial charge in [-0.2, -0.15) is 0 Å². The fraction of sp³-hybridized carbons (Fsp3) is 0.769. The van der Waals surface area contributed by atoms with Crippen molar-refractivity contribution < 1.29 is 19.5 Å². The number of amides is 1. The van der Waals surface area contributed by atoms with Gasteiger partial charge in [0.2, 0.25) is 5.91 Å². The van der Waals surface area contributed by atoms with E-state index in [-0.39, 0.29) is 30.4 Å². The van der Waals surface area contributed by atoms with Gasteiger partial charge in [0.05, 0.1) is 6.42 Å². The number of hydrogen-bond acceptors (Lipinski definition) is 3. The van der Waals surface area contributed by atoms with E-state index in [9.17, 15) is 14.4 Å². The number of aliphatic carboxylic acids is 1. The first-order valence-corrected chi connectivity index (χ1v) is 6.46. The molecule has 1 atom stereocenters. The zero-order chi connectivity index (χ0) is 14.0. The van der Waals surface area contributed by atoms with Gasteiger partial charge < -0.3 is 10.4 Å². The molecular formula is C13H23NO4. The maximum absolute atomic E-state index is 11.2. The van der Waals surface area contributed by atoms with E-state index < -0.39 is 5.97 Å². The number of carbonyl (C=O) groups excluding carboxylic acids is 2. The zero-order valence-corrected chi connectivity index (χ0v) is 11.2. The predicted octanol–water partition coefficient (Wildman–Crippen LogP) is 1.75. The SMILES string of the molecule is CCC(CCCCNC(=O)CCC(=O)O)C(C)=O. The van der Waals surface area contributed by atoms with Crippen molar-refractivity contribution in [2.24, 2.45) is 5.92 Å². The standard InChI is InChI=1S/C13H23NO4/c1-3-11(10(2)15)6-4-5-9-14-12(16)7-8-13(17)18/h11H,3-9H2,1-2H3,(H,14,16)(H,17,18). The first-order chi connectivity index (χ1) is 8.47. The molecule has 0 radical (unpaired) electrons. The molecule has 0 aromatic carbocycles. The van der Waals surface area contributed by atoms with E-state index in [0.29, 0.717) is 6.54 Å². The number of rotatable bonds is 10. The van der Waals surface area contributed by atoms with E-state index >= 15 is 0 Å². The van der Waals surface area contributed by atoms with Crippen LogP contribution in [0.25, 0.3) is 0 Å². The summed E-state index contributed by atoms with van der Waals surface area (Å²) < 4.78 is 0. The Morgan fingerprint density at radius 2 is 1.83 bits per heavy atom. The molecule has 0 saturated heterocycles. The van der Waals surface area contributed by atoms with Gasteiger partial charge in [0.25, 0.3) is 0 Å². The fourth-order valence-electron chi connectivity index (χ4n) is 1.75. The third kappa shape index (κ3) is 8.73. The van der Waals surface area contributed by atoms with Crippen molar-refractivity contribution in [3.8, 4) is 0 Å². The maximum atomic E-state index is 11.2. The second-order valence-corrected chi connectivity index (χ2v) is 4.46. The highest BCUT2D eigenvalue weighted by molar-refractivity contribution is 5.80. The molecule has 0 bridgehead atoms. The normalized spacial score (nSPS) is 11.9. The molecule has 0 aliphatic carbocycles. The minimum atomic E-state index is -0.961. The summed E-state index contributed by atoms with van der Waals surface area (Å²) in [4.78, 5) is 32.6. The summed E-state index contributed by atoms with van der Waals surface area (Å²) in [6.07, 6.45) is 3.34. The zero-order valence-electron chi connectivity index (χ0n) is 11.2. The third-order valence-electron chi connectivity index (χ3n) is 2.94. The Balaban J connectivity index is 3.53. The summed E-state index contributed by atoms with van der Waals surface area (Å²) in [5, 5.41) is 11.1. The molecule has 0 rings (SSSR count). The summed E-state index contributed by atoms with van der Waals surface area (Å²) in [5.41, 5.74) is 0. The second kappa shape index (κ2) is 9.62. The Kier molecular flexibility index (Phi) is 8.88. The summed E-state index contributed by atoms with van der Waals surface area (Å²) in [6, 6.07) is 0. The minimum Gasteiger partial charge on any atom is -0.481 e. The van der Waals surface area contributed by atoms with Gasteiger partial charge in [-0.25, -0.2) is 0 Å². The lowest BCUT2D eigenvalue weighted by Crippen LogP contribution is -2.25. The van der Waals surface area contributed by atoms with Crippen molar-refractivity contribution in [3.05, 3.63) is 0 Å². The van der Waals surface area contributed by atoms with E-state index in [1.165, 1.54) is 0 Å². The van der Waals surface area contributed by atoms with E-state index in [2.05, 4.69) is 5.32 Å². The summed E-state index contributed by atoms with van der Waals surface area (Å²) >= 11 is 0. The molecular weight excluding hydrogens is 234 g/mol. The van der Waals surface area contributed by atoms with Gasteiger partial charge in [-0.3, -0.25) is 14.4 Å². The Labute approximate surface area is 108 Å². The van der Waals surface area contributed by atoms with Gasteiger partial charge in [0, 0.05) is 18.9 Å². The highest BCUT2D eigenvalue weighted by atomic mass is 16.4. The summed E-state index contributed by atoms with van der Waals surface area (Å²) in [6.45, 7) is 4.16. The number of carboxylic acid groups (broad SMARTS) is 1. The Morgan fingerprint density at radius 3 is 2.33 bits per heavy atom. The van der Waals surface area contributed by atoms with E-state index in [4.69, 9.17) is 5.11 Å². The van der Waals surface area contributed by atoms with Crippen molar-refractivity contribution in [2.45, 2.75) is 52.4 Å². The van der Waals surface area contributed by atoms with Crippen LogP contribution in [0.1, 0.15) is 52.4 Å². The van der Waals surface area contributed by atoms with Crippen LogP contribution in [0.15, 0.2) is 0 Å². The third-order valence-corrected chi connectivity index (χ3v) is 2.94. The number of hydrogen-bond donors (Lipinski definition) is 2. The Morgan fingerprint density at radius 1 is 1.17 bits per heavy atom. The van der Waals surface area contributed by atoms with Crippen molar-refractivity contribution in [3.63, 3.8) is 0 Å². The van der Waals surface area contributed by atoms with Crippen LogP contribution in [0.4, 0.5) is 0 Å². The van der Waals surface area contributed by atoms with Crippen molar-refractivity contribution >= 4 is 17.7 Å². The molecule has 1 amide bonds. The van der Waals surface area contributed by atoms with Gasteiger partial charge in [-0.15, -0.1) is 0 Å². The average molecular weight is 257 g/mol. The van der Waals surface area contributed by atoms with Crippen LogP contribution in [-0.2, 0) is 14.4 Å². The summed E-state index contributed by atoms with van der Waals surface area (Å²) in [7, 11) is 0. The molecule has 2 N–H and O–H groups in total. The van der Waals surface area contributed by atoms with E-state index in [1.54, 1.807) is 6.92 Å². The molecule has 0 aliphatic heterocycles. The van der Waals surface area contributed by atoms with Crippen LogP contribution in [0.2, 0.25) is 0 Å². The molecule has 18 heavy (non-hydrogen) atoms. The largest absolute Gasteiger partial charge is 0.481 e. The molecule has 5 heteroatoms. The minimum absolute atomic E-state index is 0.0281. The van der Waals surface area contributed by atoms with Gasteiger partial charge in [0.1, 0.15) is 5.78 Å². The van der Waals surface area contributed by atoms with Crippen LogP contribution >= 0.6 is 0 Å². The highest BCUT2D eigenvalue weighted by Crippen LogP contribution is 2.13. The van der Waals surface area contributed by atoms with Crippen LogP contribution in [0.5, 0.6) is 0 Å². The van der Waals surface area contributed by atoms with E-state index in [0.717, 1.165) is 25.7 Å². The lowest BCUT2D eigenvalue weighted by Gasteiger charge is -2.10. The summed E-state index contributed by atoms with van der Waals surface area (Å²) in [5.74, 6) is -0.830. The smallest absolute Gasteiger partial charge is 0.303 e. The molecule has 104 valence electrons. The molecule has 0 fully saturated rings. The molecule has 0 aromatic rings. The van der Waals surface area contributed by atoms with Gasteiger partial charge in [-0.05, 0) is 26.2 Å². The van der Waals surface area contributed by atoms with Crippen molar-refractivity contribution in [2.75, 3.05) is 6.54 Å². The molecule has 0 heterocycles. The van der Waals surface area contributed by atoms with Crippen LogP contribution in [0.3, 0.4) is 0 Å². The number of Topliss-reactive ketones (excluding diaryl/α,β-unsaturated/α-hetero) is 1.